The summed E-state index contributed by atoms with van der Waals surface area (Å²) in [5, 5.41) is 9.51. The SMILES string of the molecule is COc1c(F)ccc(C(O)CCN)c1F. The molecule has 0 amide bonds. The third-order valence-corrected chi connectivity index (χ3v) is 2.08. The molecule has 84 valence electrons. The van der Waals surface area contributed by atoms with Crippen LogP contribution < -0.4 is 10.5 Å². The molecule has 0 aliphatic rings. The Labute approximate surface area is 86.5 Å². The zero-order chi connectivity index (χ0) is 11.4. The average Bonchev–Trinajstić information content (AvgIpc) is 2.18. The summed E-state index contributed by atoms with van der Waals surface area (Å²) in [5.74, 6) is -2.15. The van der Waals surface area contributed by atoms with Crippen LogP contribution in [0.1, 0.15) is 18.1 Å². The van der Waals surface area contributed by atoms with Gasteiger partial charge in [-0.2, -0.15) is 0 Å². The van der Waals surface area contributed by atoms with E-state index in [1.165, 1.54) is 13.2 Å². The smallest absolute Gasteiger partial charge is 0.190 e. The van der Waals surface area contributed by atoms with Gasteiger partial charge in [0.1, 0.15) is 0 Å². The summed E-state index contributed by atoms with van der Waals surface area (Å²) >= 11 is 0. The number of aliphatic hydroxyl groups is 1. The molecule has 15 heavy (non-hydrogen) atoms. The van der Waals surface area contributed by atoms with Crippen molar-refractivity contribution >= 4 is 0 Å². The first kappa shape index (κ1) is 11.9. The van der Waals surface area contributed by atoms with E-state index in [0.717, 1.165) is 6.07 Å². The molecule has 3 N–H and O–H groups in total. The molecule has 0 aliphatic carbocycles. The maximum Gasteiger partial charge on any atom is 0.190 e. The van der Waals surface area contributed by atoms with Crippen molar-refractivity contribution in [1.29, 1.82) is 0 Å². The lowest BCUT2D eigenvalue weighted by atomic mass is 10.1. The molecule has 1 rings (SSSR count). The number of halogens is 2. The number of benzene rings is 1. The third kappa shape index (κ3) is 2.43. The Kier molecular flexibility index (Phi) is 3.99. The van der Waals surface area contributed by atoms with Crippen molar-refractivity contribution in [1.82, 2.24) is 0 Å². The highest BCUT2D eigenvalue weighted by molar-refractivity contribution is 5.33. The van der Waals surface area contributed by atoms with E-state index in [4.69, 9.17) is 5.73 Å². The average molecular weight is 217 g/mol. The molecular formula is C10H13F2NO2. The molecule has 0 heterocycles. The van der Waals surface area contributed by atoms with Gasteiger partial charge in [0, 0.05) is 5.56 Å². The molecule has 0 spiro atoms. The van der Waals surface area contributed by atoms with Gasteiger partial charge in [-0.05, 0) is 19.0 Å². The van der Waals surface area contributed by atoms with Gasteiger partial charge >= 0.3 is 0 Å². The predicted octanol–water partition coefficient (Wildman–Crippen LogP) is 1.36. The Bertz CT molecular complexity index is 344. The summed E-state index contributed by atoms with van der Waals surface area (Å²) in [6.45, 7) is 0.223. The number of nitrogens with two attached hydrogens (primary N) is 1. The van der Waals surface area contributed by atoms with Gasteiger partial charge < -0.3 is 15.6 Å². The molecule has 5 heteroatoms. The summed E-state index contributed by atoms with van der Waals surface area (Å²) in [5.41, 5.74) is 5.23. The Morgan fingerprint density at radius 3 is 2.67 bits per heavy atom. The van der Waals surface area contributed by atoms with E-state index in [1.54, 1.807) is 0 Å². The molecule has 0 radical (unpaired) electrons. The number of ether oxygens (including phenoxy) is 1. The maximum absolute atomic E-state index is 13.5. The minimum absolute atomic E-state index is 0.00120. The number of methoxy groups -OCH3 is 1. The number of hydrogen-bond acceptors (Lipinski definition) is 3. The van der Waals surface area contributed by atoms with Crippen molar-refractivity contribution in [2.45, 2.75) is 12.5 Å². The number of rotatable bonds is 4. The summed E-state index contributed by atoms with van der Waals surface area (Å²) in [7, 11) is 1.17. The summed E-state index contributed by atoms with van der Waals surface area (Å²) < 4.78 is 31.1. The molecule has 0 bridgehead atoms. The fraction of sp³-hybridized carbons (Fsp3) is 0.400. The first-order chi connectivity index (χ1) is 7.11. The van der Waals surface area contributed by atoms with Gasteiger partial charge in [0.2, 0.25) is 0 Å². The second kappa shape index (κ2) is 5.04. The van der Waals surface area contributed by atoms with Crippen molar-refractivity contribution < 1.29 is 18.6 Å². The zero-order valence-electron chi connectivity index (χ0n) is 8.34. The van der Waals surface area contributed by atoms with Crippen LogP contribution in [0, 0.1) is 11.6 Å². The molecule has 0 fully saturated rings. The fourth-order valence-electron chi connectivity index (χ4n) is 1.31. The van der Waals surface area contributed by atoms with E-state index in [-0.39, 0.29) is 18.5 Å². The van der Waals surface area contributed by atoms with Crippen LogP contribution in [0.4, 0.5) is 8.78 Å². The molecule has 3 nitrogen and oxygen atoms in total. The molecule has 0 saturated heterocycles. The molecule has 0 aromatic heterocycles. The van der Waals surface area contributed by atoms with Crippen LogP contribution >= 0.6 is 0 Å². The lowest BCUT2D eigenvalue weighted by Gasteiger charge is -2.13. The molecular weight excluding hydrogens is 204 g/mol. The Hall–Kier alpha value is -1.20. The maximum atomic E-state index is 13.5. The Morgan fingerprint density at radius 2 is 2.13 bits per heavy atom. The topological polar surface area (TPSA) is 55.5 Å². The Balaban J connectivity index is 3.09. The van der Waals surface area contributed by atoms with Crippen molar-refractivity contribution in [2.75, 3.05) is 13.7 Å². The Morgan fingerprint density at radius 1 is 1.47 bits per heavy atom. The lowest BCUT2D eigenvalue weighted by Crippen LogP contribution is -2.09. The summed E-state index contributed by atoms with van der Waals surface area (Å²) in [6, 6.07) is 2.24. The fourth-order valence-corrected chi connectivity index (χ4v) is 1.31. The van der Waals surface area contributed by atoms with Crippen molar-refractivity contribution in [3.8, 4) is 5.75 Å². The minimum Gasteiger partial charge on any atom is -0.491 e. The predicted molar refractivity (Wildman–Crippen MR) is 51.5 cm³/mol. The van der Waals surface area contributed by atoms with Gasteiger partial charge in [-0.3, -0.25) is 0 Å². The number of hydrogen-bond donors (Lipinski definition) is 2. The highest BCUT2D eigenvalue weighted by Crippen LogP contribution is 2.28. The molecule has 1 aromatic rings. The normalized spacial score (nSPS) is 12.6. The van der Waals surface area contributed by atoms with E-state index in [1.807, 2.05) is 0 Å². The third-order valence-electron chi connectivity index (χ3n) is 2.08. The van der Waals surface area contributed by atoms with E-state index < -0.39 is 23.5 Å². The lowest BCUT2D eigenvalue weighted by molar-refractivity contribution is 0.164. The summed E-state index contributed by atoms with van der Waals surface area (Å²) in [6.07, 6.45) is -0.824. The highest BCUT2D eigenvalue weighted by atomic mass is 19.1. The van der Waals surface area contributed by atoms with Crippen LogP contribution in [-0.4, -0.2) is 18.8 Å². The quantitative estimate of drug-likeness (QED) is 0.800. The van der Waals surface area contributed by atoms with Gasteiger partial charge in [0.05, 0.1) is 13.2 Å². The standard InChI is InChI=1S/C10H13F2NO2/c1-15-10-7(11)3-2-6(9(10)12)8(14)4-5-13/h2-3,8,14H,4-5,13H2,1H3. The van der Waals surface area contributed by atoms with Crippen LogP contribution in [0.5, 0.6) is 5.75 Å². The van der Waals surface area contributed by atoms with E-state index in [2.05, 4.69) is 4.74 Å². The van der Waals surface area contributed by atoms with E-state index in [0.29, 0.717) is 0 Å². The van der Waals surface area contributed by atoms with Crippen LogP contribution in [-0.2, 0) is 0 Å². The minimum atomic E-state index is -1.04. The zero-order valence-corrected chi connectivity index (χ0v) is 8.34. The largest absolute Gasteiger partial charge is 0.491 e. The first-order valence-corrected chi connectivity index (χ1v) is 4.51. The second-order valence-electron chi connectivity index (χ2n) is 3.08. The van der Waals surface area contributed by atoms with Crippen molar-refractivity contribution in [2.24, 2.45) is 5.73 Å². The molecule has 1 unspecified atom stereocenters. The molecule has 1 atom stereocenters. The van der Waals surface area contributed by atoms with Gasteiger partial charge in [-0.25, -0.2) is 8.78 Å². The van der Waals surface area contributed by atoms with E-state index >= 15 is 0 Å². The van der Waals surface area contributed by atoms with Gasteiger partial charge in [0.15, 0.2) is 17.4 Å². The van der Waals surface area contributed by atoms with Gasteiger partial charge in [-0.1, -0.05) is 6.07 Å². The second-order valence-corrected chi connectivity index (χ2v) is 3.08. The summed E-state index contributed by atoms with van der Waals surface area (Å²) in [4.78, 5) is 0. The number of aliphatic hydroxyl groups excluding tert-OH is 1. The van der Waals surface area contributed by atoms with Gasteiger partial charge in [-0.15, -0.1) is 0 Å². The van der Waals surface area contributed by atoms with Gasteiger partial charge in [0.25, 0.3) is 0 Å². The highest BCUT2D eigenvalue weighted by Gasteiger charge is 2.18. The van der Waals surface area contributed by atoms with Crippen molar-refractivity contribution in [3.63, 3.8) is 0 Å². The molecule has 0 saturated carbocycles. The van der Waals surface area contributed by atoms with Crippen LogP contribution in [0.3, 0.4) is 0 Å². The monoisotopic (exact) mass is 217 g/mol. The molecule has 1 aromatic carbocycles. The van der Waals surface area contributed by atoms with Crippen LogP contribution in [0.25, 0.3) is 0 Å². The van der Waals surface area contributed by atoms with Crippen molar-refractivity contribution in [3.05, 3.63) is 29.3 Å². The van der Waals surface area contributed by atoms with Crippen LogP contribution in [0.2, 0.25) is 0 Å². The van der Waals surface area contributed by atoms with Crippen LogP contribution in [0.15, 0.2) is 12.1 Å². The van der Waals surface area contributed by atoms with E-state index in [9.17, 15) is 13.9 Å². The molecule has 0 aliphatic heterocycles. The first-order valence-electron chi connectivity index (χ1n) is 4.51.